The fourth-order valence-electron chi connectivity index (χ4n) is 5.59. The summed E-state index contributed by atoms with van der Waals surface area (Å²) in [5, 5.41) is 6.91. The lowest BCUT2D eigenvalue weighted by Gasteiger charge is -2.24. The first kappa shape index (κ1) is 26.9. The molecule has 4 aromatic rings. The van der Waals surface area contributed by atoms with Crippen molar-refractivity contribution in [2.24, 2.45) is 5.92 Å². The summed E-state index contributed by atoms with van der Waals surface area (Å²) in [5.74, 6) is 0.245. The third-order valence-electron chi connectivity index (χ3n) is 7.69. The Morgan fingerprint density at radius 1 is 1.07 bits per heavy atom. The molecule has 1 saturated heterocycles. The highest BCUT2D eigenvalue weighted by Gasteiger charge is 2.41. The Bertz CT molecular complexity index is 1580. The highest BCUT2D eigenvalue weighted by molar-refractivity contribution is 7.16. The van der Waals surface area contributed by atoms with Gasteiger partial charge < -0.3 is 24.4 Å². The van der Waals surface area contributed by atoms with Crippen molar-refractivity contribution in [2.45, 2.75) is 25.7 Å². The van der Waals surface area contributed by atoms with E-state index in [9.17, 15) is 14.4 Å². The number of nitrogens with one attached hydrogen (secondary N) is 1. The van der Waals surface area contributed by atoms with Crippen molar-refractivity contribution in [3.63, 3.8) is 0 Å². The topological polar surface area (TPSA) is 118 Å². The van der Waals surface area contributed by atoms with Gasteiger partial charge in [-0.2, -0.15) is 0 Å². The molecule has 0 radical (unpaired) electrons. The van der Waals surface area contributed by atoms with Crippen molar-refractivity contribution >= 4 is 39.3 Å². The van der Waals surface area contributed by atoms with E-state index in [4.69, 9.17) is 9.26 Å². The highest BCUT2D eigenvalue weighted by atomic mass is 32.1. The number of nitrogens with zero attached hydrogens (tertiary/aromatic N) is 4. The molecule has 11 heteroatoms. The summed E-state index contributed by atoms with van der Waals surface area (Å²) in [4.78, 5) is 48.0. The standard InChI is InChI=1S/C30H31N5O5S/c1-19-12-23(40-33-19)15-28(36)34-9-3-11-39-22-5-2-4-20(13-22)24-16-35(17-25(24)29(37)31-8-10-34)30(38)21-6-7-26-27(14-21)41-18-32-26/h2,4-7,12-14,18,24-25H,3,8-11,15-17H2,1H3,(H,31,37)/t24-,25+/m1/s1. The molecule has 4 heterocycles. The highest BCUT2D eigenvalue weighted by Crippen LogP contribution is 2.35. The minimum absolute atomic E-state index is 0.0992. The Kier molecular flexibility index (Phi) is 7.69. The zero-order valence-corrected chi connectivity index (χ0v) is 23.6. The maximum absolute atomic E-state index is 13.6. The molecule has 2 bridgehead atoms. The van der Waals surface area contributed by atoms with Gasteiger partial charge in [-0.05, 0) is 49.2 Å². The van der Waals surface area contributed by atoms with Crippen molar-refractivity contribution in [1.29, 1.82) is 0 Å². The Morgan fingerprint density at radius 3 is 2.80 bits per heavy atom. The van der Waals surface area contributed by atoms with E-state index in [0.29, 0.717) is 62.8 Å². The lowest BCUT2D eigenvalue weighted by molar-refractivity contribution is -0.131. The molecule has 0 unspecified atom stereocenters. The molecule has 1 N–H and O–H groups in total. The third kappa shape index (κ3) is 5.95. The molecule has 3 amide bonds. The smallest absolute Gasteiger partial charge is 0.253 e. The summed E-state index contributed by atoms with van der Waals surface area (Å²) < 4.78 is 12.2. The summed E-state index contributed by atoms with van der Waals surface area (Å²) >= 11 is 1.49. The molecule has 1 fully saturated rings. The maximum atomic E-state index is 13.6. The predicted octanol–water partition coefficient (Wildman–Crippen LogP) is 3.42. The number of carbonyl (C=O) groups is 3. The zero-order chi connectivity index (χ0) is 28.3. The van der Waals surface area contributed by atoms with Gasteiger partial charge in [0.2, 0.25) is 11.8 Å². The third-order valence-corrected chi connectivity index (χ3v) is 8.48. The number of aromatic nitrogens is 2. The predicted molar refractivity (Wildman–Crippen MR) is 153 cm³/mol. The van der Waals surface area contributed by atoms with Crippen LogP contribution in [0.1, 0.15) is 39.7 Å². The van der Waals surface area contributed by atoms with E-state index >= 15 is 0 Å². The molecule has 212 valence electrons. The van der Waals surface area contributed by atoms with Gasteiger partial charge in [-0.1, -0.05) is 17.3 Å². The van der Waals surface area contributed by atoms with Gasteiger partial charge in [0.25, 0.3) is 5.91 Å². The van der Waals surface area contributed by atoms with Crippen LogP contribution in [0.15, 0.2) is 58.6 Å². The molecule has 0 spiro atoms. The molecular formula is C30H31N5O5S. The summed E-state index contributed by atoms with van der Waals surface area (Å²) in [6.07, 6.45) is 0.741. The van der Waals surface area contributed by atoms with Gasteiger partial charge in [0.15, 0.2) is 0 Å². The number of carbonyl (C=O) groups excluding carboxylic acids is 3. The number of hydrogen-bond donors (Lipinski definition) is 1. The molecule has 10 nitrogen and oxygen atoms in total. The second kappa shape index (κ2) is 11.7. The van der Waals surface area contributed by atoms with Gasteiger partial charge in [0, 0.05) is 50.3 Å². The Labute approximate surface area is 241 Å². The van der Waals surface area contributed by atoms with E-state index in [-0.39, 0.29) is 30.1 Å². The molecular weight excluding hydrogens is 542 g/mol. The lowest BCUT2D eigenvalue weighted by atomic mass is 9.88. The number of fused-ring (bicyclic) bond motifs is 5. The van der Waals surface area contributed by atoms with E-state index < -0.39 is 5.92 Å². The molecule has 2 aromatic heterocycles. The quantitative estimate of drug-likeness (QED) is 0.399. The maximum Gasteiger partial charge on any atom is 0.253 e. The van der Waals surface area contributed by atoms with Crippen molar-refractivity contribution in [2.75, 3.05) is 39.3 Å². The van der Waals surface area contributed by atoms with Crippen molar-refractivity contribution in [3.8, 4) is 5.75 Å². The number of rotatable bonds is 3. The fraction of sp³-hybridized carbons (Fsp3) is 0.367. The van der Waals surface area contributed by atoms with Crippen molar-refractivity contribution in [3.05, 3.63) is 76.6 Å². The van der Waals surface area contributed by atoms with E-state index in [2.05, 4.69) is 15.5 Å². The minimum Gasteiger partial charge on any atom is -0.494 e. The Balaban J connectivity index is 1.21. The van der Waals surface area contributed by atoms with Crippen LogP contribution in [0.5, 0.6) is 5.75 Å². The summed E-state index contributed by atoms with van der Waals surface area (Å²) in [6.45, 7) is 4.13. The van der Waals surface area contributed by atoms with Gasteiger partial charge >= 0.3 is 0 Å². The van der Waals surface area contributed by atoms with Crippen LogP contribution in [0.3, 0.4) is 0 Å². The number of ether oxygens (including phenoxy) is 1. The van der Waals surface area contributed by atoms with E-state index in [0.717, 1.165) is 21.5 Å². The second-order valence-corrected chi connectivity index (χ2v) is 11.4. The second-order valence-electron chi connectivity index (χ2n) is 10.5. The van der Waals surface area contributed by atoms with Crippen LogP contribution in [0, 0.1) is 12.8 Å². The largest absolute Gasteiger partial charge is 0.494 e. The Morgan fingerprint density at radius 2 is 1.95 bits per heavy atom. The first-order valence-electron chi connectivity index (χ1n) is 13.8. The molecule has 0 saturated carbocycles. The van der Waals surface area contributed by atoms with Crippen LogP contribution in [0.25, 0.3) is 10.2 Å². The Hall–Kier alpha value is -4.25. The average Bonchev–Trinajstić information content (AvgIpc) is 3.73. The van der Waals surface area contributed by atoms with Gasteiger partial charge in [0.1, 0.15) is 11.5 Å². The normalized spacial score (nSPS) is 19.8. The minimum atomic E-state index is -0.439. The van der Waals surface area contributed by atoms with E-state index in [1.54, 1.807) is 27.4 Å². The van der Waals surface area contributed by atoms with Gasteiger partial charge in [-0.25, -0.2) is 4.98 Å². The molecule has 0 aliphatic carbocycles. The number of hydrogen-bond acceptors (Lipinski definition) is 8. The van der Waals surface area contributed by atoms with Gasteiger partial charge in [0.05, 0.1) is 40.4 Å². The fourth-order valence-corrected chi connectivity index (χ4v) is 6.31. The summed E-state index contributed by atoms with van der Waals surface area (Å²) in [7, 11) is 0. The molecule has 41 heavy (non-hydrogen) atoms. The van der Waals surface area contributed by atoms with Gasteiger partial charge in [-0.15, -0.1) is 11.3 Å². The van der Waals surface area contributed by atoms with Crippen molar-refractivity contribution in [1.82, 2.24) is 25.3 Å². The SMILES string of the molecule is Cc1cc(CC(=O)N2CCCOc3cccc(c3)[C@H]3CN(C(=O)c4ccc5ncsc5c4)C[C@@H]3C(=O)NCC2)on1. The summed E-state index contributed by atoms with van der Waals surface area (Å²) in [6, 6.07) is 15.0. The molecule has 2 aliphatic heterocycles. The molecule has 2 aliphatic rings. The molecule has 2 atom stereocenters. The van der Waals surface area contributed by atoms with E-state index in [1.807, 2.05) is 43.3 Å². The van der Waals surface area contributed by atoms with Crippen LogP contribution in [0.4, 0.5) is 0 Å². The number of likely N-dealkylation sites (tertiary alicyclic amines) is 1. The van der Waals surface area contributed by atoms with Crippen LogP contribution < -0.4 is 10.1 Å². The van der Waals surface area contributed by atoms with E-state index in [1.165, 1.54) is 11.3 Å². The van der Waals surface area contributed by atoms with Gasteiger partial charge in [-0.3, -0.25) is 14.4 Å². The van der Waals surface area contributed by atoms with Crippen LogP contribution in [-0.2, 0) is 16.0 Å². The first-order chi connectivity index (χ1) is 19.9. The van der Waals surface area contributed by atoms with Crippen LogP contribution >= 0.6 is 11.3 Å². The lowest BCUT2D eigenvalue weighted by Crippen LogP contribution is -2.42. The van der Waals surface area contributed by atoms with Crippen LogP contribution in [0.2, 0.25) is 0 Å². The molecule has 2 aromatic carbocycles. The zero-order valence-electron chi connectivity index (χ0n) is 22.7. The average molecular weight is 574 g/mol. The first-order valence-corrected chi connectivity index (χ1v) is 14.7. The number of thiazole rings is 1. The van der Waals surface area contributed by atoms with Crippen LogP contribution in [-0.4, -0.2) is 77.0 Å². The number of benzene rings is 2. The molecule has 6 rings (SSSR count). The number of amides is 3. The number of aryl methyl sites for hydroxylation is 1. The van der Waals surface area contributed by atoms with Crippen molar-refractivity contribution < 1.29 is 23.6 Å². The monoisotopic (exact) mass is 573 g/mol. The summed E-state index contributed by atoms with van der Waals surface area (Å²) in [5.41, 5.74) is 4.90.